The Morgan fingerprint density at radius 2 is 2.12 bits per heavy atom. The molecule has 0 saturated carbocycles. The Balaban J connectivity index is 1.49. The summed E-state index contributed by atoms with van der Waals surface area (Å²) in [5.41, 5.74) is 1.23. The van der Waals surface area contributed by atoms with E-state index in [-0.39, 0.29) is 5.91 Å². The van der Waals surface area contributed by atoms with Crippen LogP contribution >= 0.6 is 11.6 Å². The van der Waals surface area contributed by atoms with Crippen LogP contribution in [0.15, 0.2) is 36.7 Å². The Labute approximate surface area is 148 Å². The Morgan fingerprint density at radius 1 is 1.33 bits per heavy atom. The molecule has 1 amide bonds. The topological polar surface area (TPSA) is 38.1 Å². The summed E-state index contributed by atoms with van der Waals surface area (Å²) in [5.74, 6) is 1.29. The van der Waals surface area contributed by atoms with Crippen molar-refractivity contribution in [3.8, 4) is 0 Å². The summed E-state index contributed by atoms with van der Waals surface area (Å²) in [5, 5.41) is 0.754. The van der Waals surface area contributed by atoms with Crippen molar-refractivity contribution in [1.29, 1.82) is 0 Å². The second-order valence-electron chi connectivity index (χ2n) is 6.50. The van der Waals surface area contributed by atoms with E-state index in [0.29, 0.717) is 12.5 Å². The van der Waals surface area contributed by atoms with Crippen molar-refractivity contribution < 1.29 is 4.79 Å². The zero-order valence-electron chi connectivity index (χ0n) is 14.1. The van der Waals surface area contributed by atoms with Crippen LogP contribution in [0.25, 0.3) is 0 Å². The highest BCUT2D eigenvalue weighted by Gasteiger charge is 2.24. The van der Waals surface area contributed by atoms with Gasteiger partial charge in [0.05, 0.1) is 6.04 Å². The molecule has 0 bridgehead atoms. The van der Waals surface area contributed by atoms with Gasteiger partial charge in [0.2, 0.25) is 5.91 Å². The summed E-state index contributed by atoms with van der Waals surface area (Å²) >= 11 is 5.90. The van der Waals surface area contributed by atoms with Crippen LogP contribution in [-0.4, -0.2) is 33.4 Å². The Hall–Kier alpha value is -1.81. The summed E-state index contributed by atoms with van der Waals surface area (Å²) in [6, 6.07) is 8.24. The zero-order chi connectivity index (χ0) is 16.9. The summed E-state index contributed by atoms with van der Waals surface area (Å²) in [4.78, 5) is 18.8. The first-order valence-electron chi connectivity index (χ1n) is 8.65. The number of amides is 1. The molecule has 0 N–H and O–H groups in total. The monoisotopic (exact) mass is 345 g/mol. The average Bonchev–Trinajstić information content (AvgIpc) is 3.03. The van der Waals surface area contributed by atoms with Gasteiger partial charge in [0, 0.05) is 36.9 Å². The maximum Gasteiger partial charge on any atom is 0.222 e. The van der Waals surface area contributed by atoms with Crippen molar-refractivity contribution in [2.45, 2.75) is 45.1 Å². The minimum Gasteiger partial charge on any atom is -0.341 e. The van der Waals surface area contributed by atoms with Crippen LogP contribution in [0.3, 0.4) is 0 Å². The van der Waals surface area contributed by atoms with E-state index in [1.165, 1.54) is 5.56 Å². The SMILES string of the molecule is Cc1nccn1[C@@H]1CCCN(C(=O)CCCc2ccc(Cl)cc2)C1. The van der Waals surface area contributed by atoms with Gasteiger partial charge in [-0.15, -0.1) is 0 Å². The molecular weight excluding hydrogens is 322 g/mol. The number of hydrogen-bond acceptors (Lipinski definition) is 2. The van der Waals surface area contributed by atoms with Crippen LogP contribution in [0.1, 0.15) is 43.1 Å². The zero-order valence-corrected chi connectivity index (χ0v) is 14.9. The molecule has 1 aromatic heterocycles. The Kier molecular flexibility index (Phi) is 5.56. The number of aromatic nitrogens is 2. The number of likely N-dealkylation sites (tertiary alicyclic amines) is 1. The van der Waals surface area contributed by atoms with Gasteiger partial charge in [-0.25, -0.2) is 4.98 Å². The van der Waals surface area contributed by atoms with E-state index in [1.807, 2.05) is 48.5 Å². The lowest BCUT2D eigenvalue weighted by molar-refractivity contribution is -0.132. The highest BCUT2D eigenvalue weighted by Crippen LogP contribution is 2.23. The molecule has 0 radical (unpaired) electrons. The average molecular weight is 346 g/mol. The number of carbonyl (C=O) groups is 1. The third kappa shape index (κ3) is 4.18. The number of aryl methyl sites for hydroxylation is 2. The van der Waals surface area contributed by atoms with Gasteiger partial charge >= 0.3 is 0 Å². The van der Waals surface area contributed by atoms with Gasteiger partial charge in [0.25, 0.3) is 0 Å². The van der Waals surface area contributed by atoms with E-state index in [4.69, 9.17) is 11.6 Å². The number of piperidine rings is 1. The van der Waals surface area contributed by atoms with E-state index in [9.17, 15) is 4.79 Å². The highest BCUT2D eigenvalue weighted by molar-refractivity contribution is 6.30. The van der Waals surface area contributed by atoms with Crippen molar-refractivity contribution in [2.24, 2.45) is 0 Å². The van der Waals surface area contributed by atoms with Gasteiger partial charge in [0.15, 0.2) is 0 Å². The number of carbonyl (C=O) groups excluding carboxylic acids is 1. The van der Waals surface area contributed by atoms with E-state index in [1.54, 1.807) is 0 Å². The van der Waals surface area contributed by atoms with Gasteiger partial charge in [-0.1, -0.05) is 23.7 Å². The predicted octanol–water partition coefficient (Wildman–Crippen LogP) is 4.03. The molecule has 0 aliphatic carbocycles. The molecule has 1 saturated heterocycles. The summed E-state index contributed by atoms with van der Waals surface area (Å²) in [6.45, 7) is 3.70. The van der Waals surface area contributed by atoms with Gasteiger partial charge in [-0.3, -0.25) is 4.79 Å². The van der Waals surface area contributed by atoms with E-state index >= 15 is 0 Å². The van der Waals surface area contributed by atoms with E-state index in [0.717, 1.165) is 49.6 Å². The first-order chi connectivity index (χ1) is 11.6. The minimum atomic E-state index is 0.270. The number of halogens is 1. The van der Waals surface area contributed by atoms with Crippen LogP contribution in [-0.2, 0) is 11.2 Å². The summed E-state index contributed by atoms with van der Waals surface area (Å²) < 4.78 is 2.20. The van der Waals surface area contributed by atoms with Crippen molar-refractivity contribution in [2.75, 3.05) is 13.1 Å². The second kappa shape index (κ2) is 7.84. The number of nitrogens with zero attached hydrogens (tertiary/aromatic N) is 3. The standard InChI is InChI=1S/C19H24ClN3O/c1-15-21-11-13-23(15)18-5-3-12-22(14-18)19(24)6-2-4-16-7-9-17(20)10-8-16/h7-11,13,18H,2-6,12,14H2,1H3/t18-/m1/s1. The largest absolute Gasteiger partial charge is 0.341 e. The fraction of sp³-hybridized carbons (Fsp3) is 0.474. The van der Waals surface area contributed by atoms with Crippen molar-refractivity contribution in [3.05, 3.63) is 53.1 Å². The third-order valence-corrected chi connectivity index (χ3v) is 5.03. The van der Waals surface area contributed by atoms with Crippen LogP contribution in [0, 0.1) is 6.92 Å². The first kappa shape index (κ1) is 17.0. The summed E-state index contributed by atoms with van der Waals surface area (Å²) in [6.07, 6.45) is 8.44. The molecule has 1 atom stereocenters. The minimum absolute atomic E-state index is 0.270. The lowest BCUT2D eigenvalue weighted by Crippen LogP contribution is -2.40. The maximum atomic E-state index is 12.5. The van der Waals surface area contributed by atoms with Gasteiger partial charge in [-0.2, -0.15) is 0 Å². The van der Waals surface area contributed by atoms with E-state index in [2.05, 4.69) is 9.55 Å². The molecule has 1 aliphatic heterocycles. The fourth-order valence-corrected chi connectivity index (χ4v) is 3.56. The normalized spacial score (nSPS) is 17.9. The van der Waals surface area contributed by atoms with Crippen molar-refractivity contribution in [3.63, 3.8) is 0 Å². The lowest BCUT2D eigenvalue weighted by atomic mass is 10.0. The van der Waals surface area contributed by atoms with Crippen LogP contribution in [0.5, 0.6) is 0 Å². The number of rotatable bonds is 5. The quantitative estimate of drug-likeness (QED) is 0.820. The molecule has 0 spiro atoms. The molecule has 1 aromatic carbocycles. The molecule has 5 heteroatoms. The van der Waals surface area contributed by atoms with Crippen LogP contribution < -0.4 is 0 Å². The van der Waals surface area contributed by atoms with Gasteiger partial charge < -0.3 is 9.47 Å². The van der Waals surface area contributed by atoms with Crippen LogP contribution in [0.4, 0.5) is 0 Å². The fourth-order valence-electron chi connectivity index (χ4n) is 3.43. The molecule has 3 rings (SSSR count). The molecule has 4 nitrogen and oxygen atoms in total. The second-order valence-corrected chi connectivity index (χ2v) is 6.93. The Morgan fingerprint density at radius 3 is 2.83 bits per heavy atom. The number of benzene rings is 1. The number of hydrogen-bond donors (Lipinski definition) is 0. The molecule has 1 fully saturated rings. The maximum absolute atomic E-state index is 12.5. The van der Waals surface area contributed by atoms with Crippen molar-refractivity contribution >= 4 is 17.5 Å². The Bertz CT molecular complexity index is 680. The number of imidazole rings is 1. The van der Waals surface area contributed by atoms with E-state index < -0.39 is 0 Å². The molecular formula is C19H24ClN3O. The summed E-state index contributed by atoms with van der Waals surface area (Å²) in [7, 11) is 0. The molecule has 128 valence electrons. The molecule has 2 aromatic rings. The third-order valence-electron chi connectivity index (χ3n) is 4.77. The highest BCUT2D eigenvalue weighted by atomic mass is 35.5. The molecule has 24 heavy (non-hydrogen) atoms. The lowest BCUT2D eigenvalue weighted by Gasteiger charge is -2.34. The first-order valence-corrected chi connectivity index (χ1v) is 9.03. The van der Waals surface area contributed by atoms with Gasteiger partial charge in [-0.05, 0) is 50.3 Å². The molecule has 1 aliphatic rings. The smallest absolute Gasteiger partial charge is 0.222 e. The van der Waals surface area contributed by atoms with Gasteiger partial charge in [0.1, 0.15) is 5.82 Å². The van der Waals surface area contributed by atoms with Crippen LogP contribution in [0.2, 0.25) is 5.02 Å². The van der Waals surface area contributed by atoms with Crippen molar-refractivity contribution in [1.82, 2.24) is 14.5 Å². The molecule has 2 heterocycles. The predicted molar refractivity (Wildman–Crippen MR) is 96.2 cm³/mol. The molecule has 0 unspecified atom stereocenters.